The Balaban J connectivity index is 0.00000144. The minimum atomic E-state index is -0.0266. The van der Waals surface area contributed by atoms with E-state index in [0.29, 0.717) is 17.2 Å². The van der Waals surface area contributed by atoms with Crippen molar-refractivity contribution in [1.29, 1.82) is 0 Å². The normalized spacial score (nSPS) is 18.8. The summed E-state index contributed by atoms with van der Waals surface area (Å²) in [6.45, 7) is 6.48. The second kappa shape index (κ2) is 6.07. The molecule has 0 aliphatic carbocycles. The van der Waals surface area contributed by atoms with Gasteiger partial charge in [-0.25, -0.2) is 0 Å². The molecule has 2 heterocycles. The lowest BCUT2D eigenvalue weighted by Gasteiger charge is -2.09. The van der Waals surface area contributed by atoms with E-state index in [0.717, 1.165) is 31.8 Å². The van der Waals surface area contributed by atoms with Gasteiger partial charge in [-0.05, 0) is 45.3 Å². The van der Waals surface area contributed by atoms with Crippen LogP contribution < -0.4 is 10.6 Å². The summed E-state index contributed by atoms with van der Waals surface area (Å²) in [5.41, 5.74) is 0.656. The Kier molecular flexibility index (Phi) is 5.02. The van der Waals surface area contributed by atoms with Crippen LogP contribution in [-0.2, 0) is 0 Å². The van der Waals surface area contributed by atoms with E-state index in [1.54, 1.807) is 6.07 Å². The first-order valence-corrected chi connectivity index (χ1v) is 5.73. The van der Waals surface area contributed by atoms with Crippen molar-refractivity contribution in [3.8, 4) is 0 Å². The first-order chi connectivity index (χ1) is 7.66. The van der Waals surface area contributed by atoms with Crippen LogP contribution >= 0.6 is 12.4 Å². The third-order valence-corrected chi connectivity index (χ3v) is 3.00. The van der Waals surface area contributed by atoms with E-state index in [9.17, 15) is 4.79 Å². The maximum absolute atomic E-state index is 11.8. The summed E-state index contributed by atoms with van der Waals surface area (Å²) in [7, 11) is 0. The molecule has 1 fully saturated rings. The van der Waals surface area contributed by atoms with Gasteiger partial charge < -0.3 is 15.1 Å². The lowest BCUT2D eigenvalue weighted by atomic mass is 10.1. The number of rotatable bonds is 3. The molecule has 4 nitrogen and oxygen atoms in total. The lowest BCUT2D eigenvalue weighted by molar-refractivity contribution is 0.0946. The smallest absolute Gasteiger partial charge is 0.254 e. The van der Waals surface area contributed by atoms with Crippen molar-refractivity contribution in [3.05, 3.63) is 23.2 Å². The van der Waals surface area contributed by atoms with E-state index in [1.165, 1.54) is 0 Å². The summed E-state index contributed by atoms with van der Waals surface area (Å²) in [5.74, 6) is 2.02. The van der Waals surface area contributed by atoms with Gasteiger partial charge in [0.05, 0.1) is 5.56 Å². The van der Waals surface area contributed by atoms with Gasteiger partial charge in [-0.1, -0.05) is 0 Å². The molecule has 0 bridgehead atoms. The minimum absolute atomic E-state index is 0. The molecule has 2 rings (SSSR count). The molecule has 1 amide bonds. The summed E-state index contributed by atoms with van der Waals surface area (Å²) < 4.78 is 5.33. The summed E-state index contributed by atoms with van der Waals surface area (Å²) in [6, 6.07) is 1.79. The molecule has 17 heavy (non-hydrogen) atoms. The van der Waals surface area contributed by atoms with E-state index in [4.69, 9.17) is 4.42 Å². The van der Waals surface area contributed by atoms with Gasteiger partial charge in [0.15, 0.2) is 0 Å². The Bertz CT molecular complexity index is 384. The zero-order chi connectivity index (χ0) is 11.5. The van der Waals surface area contributed by atoms with Crippen molar-refractivity contribution in [2.75, 3.05) is 19.6 Å². The van der Waals surface area contributed by atoms with Crippen LogP contribution in [0.15, 0.2) is 10.5 Å². The second-order valence-electron chi connectivity index (χ2n) is 4.40. The summed E-state index contributed by atoms with van der Waals surface area (Å²) >= 11 is 0. The second-order valence-corrected chi connectivity index (χ2v) is 4.40. The molecule has 96 valence electrons. The van der Waals surface area contributed by atoms with Crippen molar-refractivity contribution in [2.24, 2.45) is 5.92 Å². The third kappa shape index (κ3) is 3.48. The molecular weight excluding hydrogens is 240 g/mol. The summed E-state index contributed by atoms with van der Waals surface area (Å²) in [6.07, 6.45) is 1.14. The number of furan rings is 1. The van der Waals surface area contributed by atoms with E-state index in [1.807, 2.05) is 13.8 Å². The van der Waals surface area contributed by atoms with Crippen LogP contribution in [-0.4, -0.2) is 25.5 Å². The Hall–Kier alpha value is -1.000. The van der Waals surface area contributed by atoms with E-state index >= 15 is 0 Å². The number of halogens is 1. The third-order valence-electron chi connectivity index (χ3n) is 3.00. The van der Waals surface area contributed by atoms with E-state index < -0.39 is 0 Å². The summed E-state index contributed by atoms with van der Waals surface area (Å²) in [4.78, 5) is 11.8. The van der Waals surface area contributed by atoms with Gasteiger partial charge in [-0.2, -0.15) is 0 Å². The van der Waals surface area contributed by atoms with Crippen molar-refractivity contribution in [3.63, 3.8) is 0 Å². The zero-order valence-electron chi connectivity index (χ0n) is 10.2. The van der Waals surface area contributed by atoms with Gasteiger partial charge in [0, 0.05) is 6.54 Å². The molecule has 0 saturated carbocycles. The molecule has 1 unspecified atom stereocenters. The van der Waals surface area contributed by atoms with Crippen molar-refractivity contribution < 1.29 is 9.21 Å². The molecule has 1 aromatic heterocycles. The van der Waals surface area contributed by atoms with Crippen molar-refractivity contribution >= 4 is 18.3 Å². The predicted octanol–water partition coefficient (Wildman–Crippen LogP) is 1.66. The van der Waals surface area contributed by atoms with Crippen LogP contribution in [0.3, 0.4) is 0 Å². The van der Waals surface area contributed by atoms with Gasteiger partial charge in [-0.15, -0.1) is 12.4 Å². The molecule has 2 N–H and O–H groups in total. The van der Waals surface area contributed by atoms with Crippen LogP contribution in [0.5, 0.6) is 0 Å². The molecule has 1 saturated heterocycles. The zero-order valence-corrected chi connectivity index (χ0v) is 11.0. The molecule has 5 heteroatoms. The highest BCUT2D eigenvalue weighted by Crippen LogP contribution is 2.13. The molecule has 1 aromatic rings. The van der Waals surface area contributed by atoms with Gasteiger partial charge in [0.25, 0.3) is 5.91 Å². The molecule has 1 aliphatic heterocycles. The Morgan fingerprint density at radius 2 is 2.35 bits per heavy atom. The highest BCUT2D eigenvalue weighted by molar-refractivity contribution is 5.95. The Morgan fingerprint density at radius 3 is 2.88 bits per heavy atom. The standard InChI is InChI=1S/C12H18N2O2.ClH/c1-8-5-11(9(2)16-8)12(15)14-7-10-3-4-13-6-10;/h5,10,13H,3-4,6-7H2,1-2H3,(H,14,15);1H. The van der Waals surface area contributed by atoms with Crippen LogP contribution in [0.1, 0.15) is 28.3 Å². The van der Waals surface area contributed by atoms with Crippen LogP contribution in [0.4, 0.5) is 0 Å². The quantitative estimate of drug-likeness (QED) is 0.867. The van der Waals surface area contributed by atoms with E-state index in [2.05, 4.69) is 10.6 Å². The van der Waals surface area contributed by atoms with Gasteiger partial charge in [0.1, 0.15) is 11.5 Å². The number of amides is 1. The summed E-state index contributed by atoms with van der Waals surface area (Å²) in [5, 5.41) is 6.24. The van der Waals surface area contributed by atoms with Crippen molar-refractivity contribution in [1.82, 2.24) is 10.6 Å². The number of carbonyl (C=O) groups is 1. The van der Waals surface area contributed by atoms with Crippen LogP contribution in [0.25, 0.3) is 0 Å². The molecular formula is C12H19ClN2O2. The fourth-order valence-corrected chi connectivity index (χ4v) is 2.08. The van der Waals surface area contributed by atoms with Crippen molar-refractivity contribution in [2.45, 2.75) is 20.3 Å². The monoisotopic (exact) mass is 258 g/mol. The van der Waals surface area contributed by atoms with Gasteiger partial charge in [0.2, 0.25) is 0 Å². The first kappa shape index (κ1) is 14.1. The minimum Gasteiger partial charge on any atom is -0.466 e. The topological polar surface area (TPSA) is 54.3 Å². The highest BCUT2D eigenvalue weighted by Gasteiger charge is 2.17. The average Bonchev–Trinajstić information content (AvgIpc) is 2.84. The number of hydrogen-bond donors (Lipinski definition) is 2. The van der Waals surface area contributed by atoms with Crippen LogP contribution in [0.2, 0.25) is 0 Å². The Labute approximate surface area is 108 Å². The number of hydrogen-bond acceptors (Lipinski definition) is 3. The number of nitrogens with one attached hydrogen (secondary N) is 2. The molecule has 1 aliphatic rings. The van der Waals surface area contributed by atoms with Gasteiger partial charge in [-0.3, -0.25) is 4.79 Å². The number of carbonyl (C=O) groups excluding carboxylic acids is 1. The average molecular weight is 259 g/mol. The van der Waals surface area contributed by atoms with E-state index in [-0.39, 0.29) is 18.3 Å². The van der Waals surface area contributed by atoms with Gasteiger partial charge >= 0.3 is 0 Å². The Morgan fingerprint density at radius 1 is 1.59 bits per heavy atom. The predicted molar refractivity (Wildman–Crippen MR) is 68.7 cm³/mol. The maximum Gasteiger partial charge on any atom is 0.254 e. The van der Waals surface area contributed by atoms with Crippen LogP contribution in [0, 0.1) is 19.8 Å². The number of aryl methyl sites for hydroxylation is 2. The maximum atomic E-state index is 11.8. The fourth-order valence-electron chi connectivity index (χ4n) is 2.08. The first-order valence-electron chi connectivity index (χ1n) is 5.73. The fraction of sp³-hybridized carbons (Fsp3) is 0.583. The molecule has 0 aromatic carbocycles. The molecule has 0 spiro atoms. The SMILES string of the molecule is Cc1cc(C(=O)NCC2CCNC2)c(C)o1.Cl. The molecule has 1 atom stereocenters. The highest BCUT2D eigenvalue weighted by atomic mass is 35.5. The lowest BCUT2D eigenvalue weighted by Crippen LogP contribution is -2.30. The molecule has 0 radical (unpaired) electrons. The largest absolute Gasteiger partial charge is 0.466 e.